The number of rotatable bonds is 9. The number of methoxy groups -OCH3 is 1. The van der Waals surface area contributed by atoms with Crippen molar-refractivity contribution >= 4 is 23.8 Å². The lowest BCUT2D eigenvalue weighted by Gasteiger charge is -2.12. The van der Waals surface area contributed by atoms with Crippen LogP contribution in [0, 0.1) is 0 Å². The van der Waals surface area contributed by atoms with Crippen LogP contribution in [0.1, 0.15) is 53.9 Å². The van der Waals surface area contributed by atoms with E-state index in [4.69, 9.17) is 9.47 Å². The van der Waals surface area contributed by atoms with Gasteiger partial charge in [-0.25, -0.2) is 9.78 Å². The number of hydrogen-bond acceptors (Lipinski definition) is 5. The molecule has 0 fully saturated rings. The van der Waals surface area contributed by atoms with Crippen molar-refractivity contribution in [2.45, 2.75) is 33.1 Å². The van der Waals surface area contributed by atoms with Crippen LogP contribution >= 0.6 is 0 Å². The Labute approximate surface area is 180 Å². The van der Waals surface area contributed by atoms with E-state index < -0.39 is 5.97 Å². The molecular weight excluding hydrogens is 396 g/mol. The molecule has 0 radical (unpaired) electrons. The third kappa shape index (κ3) is 4.77. The van der Waals surface area contributed by atoms with Crippen LogP contribution in [0.3, 0.4) is 0 Å². The number of unbranched alkanes of at least 4 members (excludes halogenated alkanes) is 1. The van der Waals surface area contributed by atoms with Crippen LogP contribution in [-0.4, -0.2) is 34.2 Å². The first-order chi connectivity index (χ1) is 15.0. The van der Waals surface area contributed by atoms with Gasteiger partial charge in [-0.15, -0.1) is 0 Å². The highest BCUT2D eigenvalue weighted by atomic mass is 16.5. The van der Waals surface area contributed by atoms with Gasteiger partial charge in [-0.2, -0.15) is 0 Å². The first kappa shape index (κ1) is 22.1. The molecule has 7 heteroatoms. The molecule has 31 heavy (non-hydrogen) atoms. The lowest BCUT2D eigenvalue weighted by Crippen LogP contribution is -2.22. The fourth-order valence-corrected chi connectivity index (χ4v) is 3.37. The Hall–Kier alpha value is -3.61. The summed E-state index contributed by atoms with van der Waals surface area (Å²) in [6.07, 6.45) is 7.27. The minimum absolute atomic E-state index is 0.0404. The molecule has 0 aliphatic heterocycles. The Bertz CT molecular complexity index is 1180. The number of pyridine rings is 1. The van der Waals surface area contributed by atoms with Gasteiger partial charge in [0.15, 0.2) is 11.5 Å². The van der Waals surface area contributed by atoms with E-state index in [0.29, 0.717) is 41.4 Å². The van der Waals surface area contributed by atoms with Crippen LogP contribution in [0.25, 0.3) is 17.8 Å². The second kappa shape index (κ2) is 9.93. The van der Waals surface area contributed by atoms with E-state index in [1.54, 1.807) is 19.3 Å². The number of carbonyl (C=O) groups is 1. The van der Waals surface area contributed by atoms with Crippen molar-refractivity contribution in [3.8, 4) is 11.5 Å². The highest BCUT2D eigenvalue weighted by Gasteiger charge is 2.14. The average Bonchev–Trinajstić information content (AvgIpc) is 2.77. The zero-order valence-corrected chi connectivity index (χ0v) is 17.9. The minimum atomic E-state index is -1.09. The molecule has 0 saturated heterocycles. The average molecular weight is 422 g/mol. The van der Waals surface area contributed by atoms with Crippen molar-refractivity contribution in [3.05, 3.63) is 69.3 Å². The minimum Gasteiger partial charge on any atom is -0.492 e. The summed E-state index contributed by atoms with van der Waals surface area (Å²) in [4.78, 5) is 29.1. The Morgan fingerprint density at radius 1 is 1.19 bits per heavy atom. The van der Waals surface area contributed by atoms with E-state index in [2.05, 4.69) is 4.98 Å². The first-order valence-electron chi connectivity index (χ1n) is 10.3. The van der Waals surface area contributed by atoms with Crippen LogP contribution in [0.2, 0.25) is 0 Å². The predicted octanol–water partition coefficient (Wildman–Crippen LogP) is 4.31. The number of fused-ring (bicyclic) bond motifs is 1. The van der Waals surface area contributed by atoms with Crippen LogP contribution in [-0.2, 0) is 6.42 Å². The number of carboxylic acids is 1. The Balaban J connectivity index is 2.13. The number of aromatic nitrogens is 2. The van der Waals surface area contributed by atoms with Crippen molar-refractivity contribution in [2.75, 3.05) is 13.7 Å². The molecule has 162 valence electrons. The second-order valence-electron chi connectivity index (χ2n) is 6.98. The van der Waals surface area contributed by atoms with E-state index in [1.165, 1.54) is 16.7 Å². The number of benzene rings is 1. The van der Waals surface area contributed by atoms with Crippen LogP contribution in [0.4, 0.5) is 0 Å². The molecule has 7 nitrogen and oxygen atoms in total. The summed E-state index contributed by atoms with van der Waals surface area (Å²) in [5, 5.41) is 9.25. The fraction of sp³-hybridized carbons (Fsp3) is 0.292. The normalized spacial score (nSPS) is 11.2. The fourth-order valence-electron chi connectivity index (χ4n) is 3.37. The molecule has 2 aromatic heterocycles. The maximum Gasteiger partial charge on any atom is 0.337 e. The molecule has 0 spiro atoms. The first-order valence-corrected chi connectivity index (χ1v) is 10.3. The summed E-state index contributed by atoms with van der Waals surface area (Å²) < 4.78 is 12.5. The maximum absolute atomic E-state index is 13.2. The van der Waals surface area contributed by atoms with Crippen molar-refractivity contribution in [1.82, 2.24) is 9.38 Å². The van der Waals surface area contributed by atoms with E-state index in [-0.39, 0.29) is 11.1 Å². The molecule has 1 N–H and O–H groups in total. The summed E-state index contributed by atoms with van der Waals surface area (Å²) in [7, 11) is 1.59. The van der Waals surface area contributed by atoms with Gasteiger partial charge in [-0.1, -0.05) is 25.5 Å². The third-order valence-electron chi connectivity index (χ3n) is 4.91. The zero-order valence-electron chi connectivity index (χ0n) is 17.9. The van der Waals surface area contributed by atoms with Crippen molar-refractivity contribution < 1.29 is 19.4 Å². The summed E-state index contributed by atoms with van der Waals surface area (Å²) in [5.74, 6) is 0.166. The lowest BCUT2D eigenvalue weighted by molar-refractivity contribution is 0.0696. The topological polar surface area (TPSA) is 90.1 Å². The van der Waals surface area contributed by atoms with Gasteiger partial charge in [-0.3, -0.25) is 9.20 Å². The van der Waals surface area contributed by atoms with E-state index in [0.717, 1.165) is 18.4 Å². The van der Waals surface area contributed by atoms with Crippen molar-refractivity contribution in [1.29, 1.82) is 0 Å². The number of ether oxygens (including phenoxy) is 2. The number of aromatic carboxylic acids is 1. The number of nitrogens with zero attached hydrogens (tertiary/aromatic N) is 2. The maximum atomic E-state index is 13.2. The van der Waals surface area contributed by atoms with Crippen LogP contribution < -0.4 is 15.0 Å². The van der Waals surface area contributed by atoms with Gasteiger partial charge in [0.1, 0.15) is 5.65 Å². The standard InChI is InChI=1S/C24H26N2O5/c1-4-6-9-18-19(13-11-16-8-7-10-20(31-5-2)22(16)30-3)25-21-14-12-17(24(28)29)15-26(21)23(18)27/h7-8,10-15H,4-6,9H2,1-3H3,(H,28,29)/b13-11+. The number of para-hydroxylation sites is 1. The number of hydrogen-bond donors (Lipinski definition) is 1. The zero-order chi connectivity index (χ0) is 22.4. The lowest BCUT2D eigenvalue weighted by atomic mass is 10.1. The van der Waals surface area contributed by atoms with Gasteiger partial charge in [0.05, 0.1) is 25.0 Å². The molecule has 0 unspecified atom stereocenters. The summed E-state index contributed by atoms with van der Waals surface area (Å²) >= 11 is 0. The predicted molar refractivity (Wildman–Crippen MR) is 120 cm³/mol. The monoisotopic (exact) mass is 422 g/mol. The smallest absolute Gasteiger partial charge is 0.337 e. The SMILES string of the molecule is CCCCc1c(/C=C/c2cccc(OCC)c2OC)nc2ccc(C(=O)O)cn2c1=O. The van der Waals surface area contributed by atoms with Gasteiger partial charge in [0.2, 0.25) is 0 Å². The molecule has 0 atom stereocenters. The molecule has 3 rings (SSSR count). The van der Waals surface area contributed by atoms with Crippen LogP contribution in [0.15, 0.2) is 41.3 Å². The highest BCUT2D eigenvalue weighted by molar-refractivity contribution is 5.87. The van der Waals surface area contributed by atoms with E-state index in [9.17, 15) is 14.7 Å². The van der Waals surface area contributed by atoms with Crippen molar-refractivity contribution in [2.24, 2.45) is 0 Å². The molecular formula is C24H26N2O5. The van der Waals surface area contributed by atoms with Gasteiger partial charge < -0.3 is 14.6 Å². The Morgan fingerprint density at radius 2 is 2.00 bits per heavy atom. The molecule has 0 aliphatic rings. The Kier molecular flexibility index (Phi) is 7.07. The third-order valence-corrected chi connectivity index (χ3v) is 4.91. The second-order valence-corrected chi connectivity index (χ2v) is 6.98. The highest BCUT2D eigenvalue weighted by Crippen LogP contribution is 2.32. The van der Waals surface area contributed by atoms with Gasteiger partial charge in [0, 0.05) is 17.3 Å². The van der Waals surface area contributed by atoms with Gasteiger partial charge >= 0.3 is 5.97 Å². The largest absolute Gasteiger partial charge is 0.492 e. The van der Waals surface area contributed by atoms with Gasteiger partial charge in [0.25, 0.3) is 5.56 Å². The van der Waals surface area contributed by atoms with Crippen LogP contribution in [0.5, 0.6) is 11.5 Å². The molecule has 3 aromatic rings. The molecule has 0 aliphatic carbocycles. The Morgan fingerprint density at radius 3 is 2.68 bits per heavy atom. The summed E-state index contributed by atoms with van der Waals surface area (Å²) in [6.45, 7) is 4.48. The van der Waals surface area contributed by atoms with Gasteiger partial charge in [-0.05, 0) is 50.1 Å². The molecule has 0 amide bonds. The molecule has 2 heterocycles. The molecule has 0 bridgehead atoms. The number of carboxylic acid groups (broad SMARTS) is 1. The molecule has 0 saturated carbocycles. The summed E-state index contributed by atoms with van der Waals surface area (Å²) in [5.41, 5.74) is 2.10. The van der Waals surface area contributed by atoms with E-state index >= 15 is 0 Å². The van der Waals surface area contributed by atoms with E-state index in [1.807, 2.05) is 38.1 Å². The van der Waals surface area contributed by atoms with Crippen molar-refractivity contribution in [3.63, 3.8) is 0 Å². The summed E-state index contributed by atoms with van der Waals surface area (Å²) in [6, 6.07) is 8.60. The quantitative estimate of drug-likeness (QED) is 0.553. The molecule has 1 aromatic carbocycles.